The minimum Gasteiger partial charge on any atom is -0.450 e. The van der Waals surface area contributed by atoms with E-state index in [-0.39, 0.29) is 17.9 Å². The second-order valence-corrected chi connectivity index (χ2v) is 7.55. The molecule has 2 aliphatic rings. The molecule has 0 saturated carbocycles. The number of ether oxygens (including phenoxy) is 1. The van der Waals surface area contributed by atoms with Crippen LogP contribution in [0.2, 0.25) is 0 Å². The lowest BCUT2D eigenvalue weighted by atomic mass is 9.94. The second-order valence-electron chi connectivity index (χ2n) is 7.55. The standard InChI is InChI=1S/C21H31N3O3/c1-3-27-21(26)24-13-11-23(12-14-24)20(25)19-7-9-22(10-8-19)16-18-6-4-5-17(2)15-18/h4-6,15,19H,3,7-14,16H2,1-2H3. The van der Waals surface area contributed by atoms with Crippen molar-refractivity contribution < 1.29 is 14.3 Å². The monoisotopic (exact) mass is 373 g/mol. The summed E-state index contributed by atoms with van der Waals surface area (Å²) in [6.07, 6.45) is 1.57. The van der Waals surface area contributed by atoms with Crippen molar-refractivity contribution >= 4 is 12.0 Å². The van der Waals surface area contributed by atoms with Crippen molar-refractivity contribution in [1.29, 1.82) is 0 Å². The summed E-state index contributed by atoms with van der Waals surface area (Å²) in [5.41, 5.74) is 2.63. The highest BCUT2D eigenvalue weighted by Crippen LogP contribution is 2.22. The number of piperazine rings is 1. The third-order valence-corrected chi connectivity index (χ3v) is 5.54. The maximum Gasteiger partial charge on any atom is 0.409 e. The molecule has 2 fully saturated rings. The molecule has 0 aliphatic carbocycles. The Morgan fingerprint density at radius 3 is 2.33 bits per heavy atom. The van der Waals surface area contributed by atoms with Crippen molar-refractivity contribution in [2.75, 3.05) is 45.9 Å². The Hall–Kier alpha value is -2.08. The lowest BCUT2D eigenvalue weighted by molar-refractivity contribution is -0.138. The quantitative estimate of drug-likeness (QED) is 0.814. The van der Waals surface area contributed by atoms with Crippen LogP contribution in [-0.2, 0) is 16.1 Å². The van der Waals surface area contributed by atoms with Crippen molar-refractivity contribution in [1.82, 2.24) is 14.7 Å². The maximum atomic E-state index is 12.8. The van der Waals surface area contributed by atoms with Crippen molar-refractivity contribution in [3.63, 3.8) is 0 Å². The van der Waals surface area contributed by atoms with Gasteiger partial charge in [-0.05, 0) is 45.3 Å². The van der Waals surface area contributed by atoms with Gasteiger partial charge in [0.25, 0.3) is 0 Å². The maximum absolute atomic E-state index is 12.8. The number of hydrogen-bond acceptors (Lipinski definition) is 4. The molecule has 1 aromatic rings. The molecule has 1 aromatic carbocycles. The molecule has 27 heavy (non-hydrogen) atoms. The average Bonchev–Trinajstić information content (AvgIpc) is 2.68. The van der Waals surface area contributed by atoms with E-state index in [1.165, 1.54) is 11.1 Å². The van der Waals surface area contributed by atoms with E-state index in [0.29, 0.717) is 32.8 Å². The number of carbonyl (C=O) groups is 2. The molecule has 0 radical (unpaired) electrons. The second kappa shape index (κ2) is 9.22. The Balaban J connectivity index is 1.43. The van der Waals surface area contributed by atoms with Gasteiger partial charge >= 0.3 is 6.09 Å². The van der Waals surface area contributed by atoms with Crippen LogP contribution in [0.1, 0.15) is 30.9 Å². The molecule has 2 saturated heterocycles. The summed E-state index contributed by atoms with van der Waals surface area (Å²) in [6.45, 7) is 9.56. The van der Waals surface area contributed by atoms with Gasteiger partial charge in [0.2, 0.25) is 5.91 Å². The number of benzene rings is 1. The Bertz CT molecular complexity index is 648. The van der Waals surface area contributed by atoms with E-state index in [2.05, 4.69) is 36.1 Å². The summed E-state index contributed by atoms with van der Waals surface area (Å²) in [6, 6.07) is 8.64. The fraction of sp³-hybridized carbons (Fsp3) is 0.619. The van der Waals surface area contributed by atoms with Crippen LogP contribution in [0.5, 0.6) is 0 Å². The number of hydrogen-bond donors (Lipinski definition) is 0. The number of aryl methyl sites for hydroxylation is 1. The Kier molecular flexibility index (Phi) is 6.72. The van der Waals surface area contributed by atoms with E-state index >= 15 is 0 Å². The molecule has 148 valence electrons. The predicted octanol–water partition coefficient (Wildman–Crippen LogP) is 2.51. The predicted molar refractivity (Wildman–Crippen MR) is 104 cm³/mol. The summed E-state index contributed by atoms with van der Waals surface area (Å²) < 4.78 is 5.04. The van der Waals surface area contributed by atoms with E-state index in [9.17, 15) is 9.59 Å². The largest absolute Gasteiger partial charge is 0.450 e. The number of carbonyl (C=O) groups excluding carboxylic acids is 2. The van der Waals surface area contributed by atoms with Crippen molar-refractivity contribution in [2.24, 2.45) is 5.92 Å². The number of rotatable bonds is 4. The third kappa shape index (κ3) is 5.22. The molecule has 0 spiro atoms. The fourth-order valence-corrected chi connectivity index (χ4v) is 3.99. The van der Waals surface area contributed by atoms with Gasteiger partial charge in [-0.15, -0.1) is 0 Å². The lowest BCUT2D eigenvalue weighted by Gasteiger charge is -2.38. The van der Waals surface area contributed by atoms with Crippen LogP contribution in [0.25, 0.3) is 0 Å². The first-order valence-corrected chi connectivity index (χ1v) is 10.0. The molecule has 6 nitrogen and oxygen atoms in total. The number of nitrogens with zero attached hydrogens (tertiary/aromatic N) is 3. The van der Waals surface area contributed by atoms with Gasteiger partial charge in [-0.3, -0.25) is 9.69 Å². The zero-order chi connectivity index (χ0) is 19.2. The first-order valence-electron chi connectivity index (χ1n) is 10.0. The molecule has 2 heterocycles. The third-order valence-electron chi connectivity index (χ3n) is 5.54. The zero-order valence-electron chi connectivity index (χ0n) is 16.5. The number of likely N-dealkylation sites (tertiary alicyclic amines) is 1. The first kappa shape index (κ1) is 19.7. The van der Waals surface area contributed by atoms with Crippen LogP contribution >= 0.6 is 0 Å². The van der Waals surface area contributed by atoms with Crippen molar-refractivity contribution in [3.8, 4) is 0 Å². The molecule has 0 bridgehead atoms. The molecule has 6 heteroatoms. The highest BCUT2D eigenvalue weighted by atomic mass is 16.6. The summed E-state index contributed by atoms with van der Waals surface area (Å²) >= 11 is 0. The van der Waals surface area contributed by atoms with E-state index in [1.807, 2.05) is 11.8 Å². The van der Waals surface area contributed by atoms with Crippen LogP contribution in [0.4, 0.5) is 4.79 Å². The summed E-state index contributed by atoms with van der Waals surface area (Å²) in [5, 5.41) is 0. The van der Waals surface area contributed by atoms with E-state index in [4.69, 9.17) is 4.74 Å². The molecule has 0 aromatic heterocycles. The van der Waals surface area contributed by atoms with E-state index in [0.717, 1.165) is 32.5 Å². The molecule has 0 unspecified atom stereocenters. The van der Waals surface area contributed by atoms with Gasteiger partial charge in [-0.25, -0.2) is 4.79 Å². The van der Waals surface area contributed by atoms with Crippen molar-refractivity contribution in [2.45, 2.75) is 33.2 Å². The summed E-state index contributed by atoms with van der Waals surface area (Å²) in [7, 11) is 0. The zero-order valence-corrected chi connectivity index (χ0v) is 16.5. The summed E-state index contributed by atoms with van der Waals surface area (Å²) in [5.74, 6) is 0.376. The molecule has 0 N–H and O–H groups in total. The topological polar surface area (TPSA) is 53.1 Å². The molecular weight excluding hydrogens is 342 g/mol. The summed E-state index contributed by atoms with van der Waals surface area (Å²) in [4.78, 5) is 30.7. The molecule has 2 aliphatic heterocycles. The van der Waals surface area contributed by atoms with Crippen LogP contribution in [-0.4, -0.2) is 72.6 Å². The minimum atomic E-state index is -0.269. The Morgan fingerprint density at radius 1 is 1.04 bits per heavy atom. The van der Waals surface area contributed by atoms with Gasteiger partial charge in [-0.1, -0.05) is 29.8 Å². The van der Waals surface area contributed by atoms with Gasteiger partial charge in [0, 0.05) is 38.6 Å². The molecule has 3 rings (SSSR count). The fourth-order valence-electron chi connectivity index (χ4n) is 3.99. The Morgan fingerprint density at radius 2 is 1.70 bits per heavy atom. The SMILES string of the molecule is CCOC(=O)N1CCN(C(=O)C2CCN(Cc3cccc(C)c3)CC2)CC1. The molecular formula is C21H31N3O3. The van der Waals surface area contributed by atoms with Crippen LogP contribution < -0.4 is 0 Å². The van der Waals surface area contributed by atoms with Gasteiger partial charge in [0.1, 0.15) is 0 Å². The van der Waals surface area contributed by atoms with Crippen LogP contribution in [0, 0.1) is 12.8 Å². The van der Waals surface area contributed by atoms with Gasteiger partial charge < -0.3 is 14.5 Å². The number of amides is 2. The van der Waals surface area contributed by atoms with E-state index in [1.54, 1.807) is 4.90 Å². The molecule has 2 amide bonds. The van der Waals surface area contributed by atoms with Gasteiger partial charge in [-0.2, -0.15) is 0 Å². The highest BCUT2D eigenvalue weighted by Gasteiger charge is 2.31. The minimum absolute atomic E-state index is 0.118. The smallest absolute Gasteiger partial charge is 0.409 e. The lowest BCUT2D eigenvalue weighted by Crippen LogP contribution is -2.53. The van der Waals surface area contributed by atoms with Crippen LogP contribution in [0.3, 0.4) is 0 Å². The van der Waals surface area contributed by atoms with E-state index < -0.39 is 0 Å². The normalized spacial score (nSPS) is 19.2. The Labute approximate surface area is 162 Å². The average molecular weight is 373 g/mol. The molecule has 0 atom stereocenters. The van der Waals surface area contributed by atoms with Crippen molar-refractivity contribution in [3.05, 3.63) is 35.4 Å². The highest BCUT2D eigenvalue weighted by molar-refractivity contribution is 5.79. The van der Waals surface area contributed by atoms with Gasteiger partial charge in [0.05, 0.1) is 6.61 Å². The van der Waals surface area contributed by atoms with Crippen LogP contribution in [0.15, 0.2) is 24.3 Å². The number of piperidine rings is 1. The first-order chi connectivity index (χ1) is 13.1. The van der Waals surface area contributed by atoms with Gasteiger partial charge in [0.15, 0.2) is 0 Å².